The van der Waals surface area contributed by atoms with E-state index in [4.69, 9.17) is 4.74 Å². The molecule has 1 fully saturated rings. The van der Waals surface area contributed by atoms with E-state index in [1.165, 1.54) is 37.4 Å². The Morgan fingerprint density at radius 3 is 2.43 bits per heavy atom. The van der Waals surface area contributed by atoms with Crippen molar-refractivity contribution in [1.29, 1.82) is 0 Å². The molecular weight excluding hydrogens is 515 g/mol. The van der Waals surface area contributed by atoms with Gasteiger partial charge in [-0.1, -0.05) is 6.07 Å². The van der Waals surface area contributed by atoms with Gasteiger partial charge in [-0.05, 0) is 56.9 Å². The van der Waals surface area contributed by atoms with Crippen LogP contribution in [0.15, 0.2) is 35.4 Å². The predicted octanol–water partition coefficient (Wildman–Crippen LogP) is 3.72. The van der Waals surface area contributed by atoms with E-state index >= 15 is 0 Å². The number of aliphatic hydroxyl groups is 1. The monoisotopic (exact) mass is 537 g/mol. The van der Waals surface area contributed by atoms with Gasteiger partial charge in [0.1, 0.15) is 16.9 Å². The fourth-order valence-electron chi connectivity index (χ4n) is 3.76. The summed E-state index contributed by atoms with van der Waals surface area (Å²) in [6.45, 7) is 2.56. The molecule has 4 rings (SSSR count). The molecule has 1 saturated carbocycles. The second kappa shape index (κ2) is 9.34. The number of carbonyl (C=O) groups excluding carboxylic acids is 1. The van der Waals surface area contributed by atoms with Gasteiger partial charge in [-0.15, -0.1) is 10.2 Å². The largest absolute Gasteiger partial charge is 0.435 e. The molecule has 0 bridgehead atoms. The summed E-state index contributed by atoms with van der Waals surface area (Å²) in [6, 6.07) is 5.23. The Hall–Kier alpha value is -3.65. The van der Waals surface area contributed by atoms with Crippen molar-refractivity contribution in [2.24, 2.45) is 0 Å². The zero-order valence-corrected chi connectivity index (χ0v) is 20.7. The number of amides is 1. The van der Waals surface area contributed by atoms with E-state index in [-0.39, 0.29) is 22.2 Å². The minimum absolute atomic E-state index is 0.0257. The van der Waals surface area contributed by atoms with E-state index in [1.807, 2.05) is 0 Å². The number of alkyl halides is 3. The molecule has 0 spiro atoms. The third kappa shape index (κ3) is 5.39. The van der Waals surface area contributed by atoms with Crippen molar-refractivity contribution in [3.63, 3.8) is 0 Å². The summed E-state index contributed by atoms with van der Waals surface area (Å²) in [5.41, 5.74) is -3.04. The smallest absolute Gasteiger partial charge is 0.416 e. The normalized spacial score (nSPS) is 15.1. The van der Waals surface area contributed by atoms with Gasteiger partial charge in [-0.3, -0.25) is 4.79 Å². The van der Waals surface area contributed by atoms with Crippen LogP contribution in [-0.2, 0) is 21.6 Å². The molecule has 2 heterocycles. The van der Waals surface area contributed by atoms with Crippen LogP contribution in [-0.4, -0.2) is 45.9 Å². The number of carbonyl (C=O) groups is 1. The minimum Gasteiger partial charge on any atom is -0.416 e. The van der Waals surface area contributed by atoms with Gasteiger partial charge in [-0.2, -0.15) is 13.2 Å². The highest BCUT2D eigenvalue weighted by molar-refractivity contribution is 7.90. The van der Waals surface area contributed by atoms with Crippen LogP contribution in [0, 0.1) is 13.8 Å². The SMILES string of the molecule is Cc1nc(C2(O)CCC2)cnc1Oc1nnc(C(F)(F)F)c(C)c1C(=O)Nc1cccc(S(C)(=O)=O)c1. The van der Waals surface area contributed by atoms with Gasteiger partial charge in [-0.25, -0.2) is 18.4 Å². The number of aromatic nitrogens is 4. The zero-order chi connectivity index (χ0) is 27.2. The van der Waals surface area contributed by atoms with Crippen molar-refractivity contribution >= 4 is 21.4 Å². The van der Waals surface area contributed by atoms with Crippen LogP contribution in [0.25, 0.3) is 0 Å². The molecule has 196 valence electrons. The number of benzene rings is 1. The fraction of sp³-hybridized carbons (Fsp3) is 0.348. The quantitative estimate of drug-likeness (QED) is 0.481. The molecule has 3 aromatic rings. The highest BCUT2D eigenvalue weighted by Gasteiger charge is 2.39. The van der Waals surface area contributed by atoms with E-state index in [9.17, 15) is 31.5 Å². The number of ether oxygens (including phenoxy) is 1. The second-order valence-electron chi connectivity index (χ2n) is 8.74. The highest BCUT2D eigenvalue weighted by Crippen LogP contribution is 2.41. The van der Waals surface area contributed by atoms with E-state index < -0.39 is 50.2 Å². The van der Waals surface area contributed by atoms with E-state index in [1.54, 1.807) is 0 Å². The highest BCUT2D eigenvalue weighted by atomic mass is 32.2. The molecule has 1 aliphatic carbocycles. The molecule has 2 aromatic heterocycles. The van der Waals surface area contributed by atoms with Gasteiger partial charge in [0.2, 0.25) is 5.88 Å². The molecule has 0 aliphatic heterocycles. The molecule has 37 heavy (non-hydrogen) atoms. The van der Waals surface area contributed by atoms with Crippen molar-refractivity contribution in [1.82, 2.24) is 20.2 Å². The molecule has 1 amide bonds. The Balaban J connectivity index is 1.73. The van der Waals surface area contributed by atoms with Gasteiger partial charge in [0.15, 0.2) is 15.5 Å². The van der Waals surface area contributed by atoms with E-state index in [0.717, 1.165) is 19.6 Å². The van der Waals surface area contributed by atoms with Crippen LogP contribution in [0.3, 0.4) is 0 Å². The molecule has 0 radical (unpaired) electrons. The molecule has 10 nitrogen and oxygen atoms in total. The lowest BCUT2D eigenvalue weighted by Crippen LogP contribution is -2.34. The molecule has 1 aliphatic rings. The lowest BCUT2D eigenvalue weighted by atomic mass is 9.78. The average Bonchev–Trinajstić information content (AvgIpc) is 2.77. The van der Waals surface area contributed by atoms with Crippen molar-refractivity contribution in [3.8, 4) is 11.8 Å². The van der Waals surface area contributed by atoms with Crippen LogP contribution in [0.2, 0.25) is 0 Å². The topological polar surface area (TPSA) is 144 Å². The van der Waals surface area contributed by atoms with Crippen LogP contribution in [0.5, 0.6) is 11.8 Å². The summed E-state index contributed by atoms with van der Waals surface area (Å²) >= 11 is 0. The van der Waals surface area contributed by atoms with Crippen LogP contribution >= 0.6 is 0 Å². The maximum atomic E-state index is 13.5. The van der Waals surface area contributed by atoms with E-state index in [0.29, 0.717) is 18.5 Å². The third-order valence-electron chi connectivity index (χ3n) is 5.95. The number of sulfone groups is 1. The zero-order valence-electron chi connectivity index (χ0n) is 19.9. The number of anilines is 1. The molecule has 1 aromatic carbocycles. The van der Waals surface area contributed by atoms with Gasteiger partial charge in [0, 0.05) is 11.9 Å². The molecule has 14 heteroatoms. The number of hydrogen-bond donors (Lipinski definition) is 2. The number of nitrogens with one attached hydrogen (secondary N) is 1. The van der Waals surface area contributed by atoms with E-state index in [2.05, 4.69) is 25.5 Å². The first-order chi connectivity index (χ1) is 17.2. The Bertz CT molecular complexity index is 1490. The maximum Gasteiger partial charge on any atom is 0.435 e. The standard InChI is InChI=1S/C23H22F3N5O5S/c1-12-17(19(32)29-14-6-4-7-15(10-14)37(3,34)35)21(31-30-18(12)23(24,25)26)36-20-13(2)28-16(11-27-20)22(33)8-5-9-22/h4,6-7,10-11,33H,5,8-9H2,1-3H3,(H,29,32). The summed E-state index contributed by atoms with van der Waals surface area (Å²) in [6.07, 6.45) is -0.754. The Morgan fingerprint density at radius 2 is 1.86 bits per heavy atom. The maximum absolute atomic E-state index is 13.5. The van der Waals surface area contributed by atoms with Crippen molar-refractivity contribution in [2.75, 3.05) is 11.6 Å². The minimum atomic E-state index is -4.91. The average molecular weight is 538 g/mol. The van der Waals surface area contributed by atoms with Crippen LogP contribution in [0.1, 0.15) is 52.3 Å². The third-order valence-corrected chi connectivity index (χ3v) is 7.06. The number of aryl methyl sites for hydroxylation is 1. The molecular formula is C23H22F3N5O5S. The van der Waals surface area contributed by atoms with Crippen molar-refractivity contribution in [2.45, 2.75) is 49.8 Å². The summed E-state index contributed by atoms with van der Waals surface area (Å²) < 4.78 is 69.9. The van der Waals surface area contributed by atoms with Crippen LogP contribution < -0.4 is 10.1 Å². The van der Waals surface area contributed by atoms with Crippen molar-refractivity contribution in [3.05, 3.63) is 58.7 Å². The van der Waals surface area contributed by atoms with Gasteiger partial charge >= 0.3 is 6.18 Å². The van der Waals surface area contributed by atoms with Gasteiger partial charge < -0.3 is 15.2 Å². The van der Waals surface area contributed by atoms with Gasteiger partial charge in [0.25, 0.3) is 11.8 Å². The first-order valence-electron chi connectivity index (χ1n) is 11.0. The Labute approximate surface area is 209 Å². The lowest BCUT2D eigenvalue weighted by molar-refractivity contribution is -0.142. The Morgan fingerprint density at radius 1 is 1.16 bits per heavy atom. The number of hydrogen-bond acceptors (Lipinski definition) is 9. The molecule has 0 saturated heterocycles. The number of nitrogens with zero attached hydrogens (tertiary/aromatic N) is 4. The summed E-state index contributed by atoms with van der Waals surface area (Å²) in [5.74, 6) is -1.74. The molecule has 0 unspecified atom stereocenters. The predicted molar refractivity (Wildman–Crippen MR) is 124 cm³/mol. The lowest BCUT2D eigenvalue weighted by Gasteiger charge is -2.35. The number of halogens is 3. The first-order valence-corrected chi connectivity index (χ1v) is 12.9. The molecule has 2 N–H and O–H groups in total. The van der Waals surface area contributed by atoms with Crippen molar-refractivity contribution < 1.29 is 36.2 Å². The summed E-state index contributed by atoms with van der Waals surface area (Å²) in [5, 5.41) is 19.6. The number of rotatable bonds is 6. The first kappa shape index (κ1) is 26.4. The fourth-order valence-corrected chi connectivity index (χ4v) is 4.43. The summed E-state index contributed by atoms with van der Waals surface area (Å²) in [4.78, 5) is 21.5. The van der Waals surface area contributed by atoms with Crippen LogP contribution in [0.4, 0.5) is 18.9 Å². The van der Waals surface area contributed by atoms with Gasteiger partial charge in [0.05, 0.1) is 16.8 Å². The molecule has 0 atom stereocenters. The second-order valence-corrected chi connectivity index (χ2v) is 10.8. The summed E-state index contributed by atoms with van der Waals surface area (Å²) in [7, 11) is -3.61. The Kier molecular flexibility index (Phi) is 6.67.